The van der Waals surface area contributed by atoms with Crippen LogP contribution in [0.5, 0.6) is 0 Å². The Morgan fingerprint density at radius 3 is 2.80 bits per heavy atom. The molecule has 15 heavy (non-hydrogen) atoms. The van der Waals surface area contributed by atoms with Crippen LogP contribution in [0.25, 0.3) is 0 Å². The first-order valence-electron chi connectivity index (χ1n) is 4.79. The van der Waals surface area contributed by atoms with Crippen LogP contribution in [-0.4, -0.2) is 40.7 Å². The van der Waals surface area contributed by atoms with Gasteiger partial charge in [-0.25, -0.2) is 4.79 Å². The zero-order chi connectivity index (χ0) is 11.5. The van der Waals surface area contributed by atoms with E-state index in [9.17, 15) is 18.7 Å². The molecule has 1 atom stereocenters. The number of alkyl halides is 2. The lowest BCUT2D eigenvalue weighted by Gasteiger charge is -2.36. The third kappa shape index (κ3) is 2.42. The molecule has 88 valence electrons. The molecule has 0 aromatic heterocycles. The maximum atomic E-state index is 13.5. The van der Waals surface area contributed by atoms with Gasteiger partial charge in [-0.15, -0.1) is 0 Å². The SMILES string of the molecule is CCOC(=O)C(F)(F)C1(O)CCCSC1. The van der Waals surface area contributed by atoms with E-state index < -0.39 is 17.5 Å². The number of hydrogen-bond donors (Lipinski definition) is 1. The Kier molecular flexibility index (Phi) is 3.94. The minimum Gasteiger partial charge on any atom is -0.461 e. The summed E-state index contributed by atoms with van der Waals surface area (Å²) in [5, 5.41) is 9.72. The van der Waals surface area contributed by atoms with Crippen LogP contribution in [0.1, 0.15) is 19.8 Å². The van der Waals surface area contributed by atoms with Gasteiger partial charge in [0.2, 0.25) is 0 Å². The van der Waals surface area contributed by atoms with Gasteiger partial charge >= 0.3 is 11.9 Å². The molecule has 0 bridgehead atoms. The minimum atomic E-state index is -3.81. The first-order chi connectivity index (χ1) is 6.94. The van der Waals surface area contributed by atoms with E-state index in [0.29, 0.717) is 6.42 Å². The topological polar surface area (TPSA) is 46.5 Å². The highest BCUT2D eigenvalue weighted by Crippen LogP contribution is 2.39. The van der Waals surface area contributed by atoms with Gasteiger partial charge in [-0.05, 0) is 25.5 Å². The lowest BCUT2D eigenvalue weighted by atomic mass is 9.92. The zero-order valence-electron chi connectivity index (χ0n) is 8.46. The van der Waals surface area contributed by atoms with Gasteiger partial charge in [-0.2, -0.15) is 20.5 Å². The van der Waals surface area contributed by atoms with Crippen LogP contribution >= 0.6 is 11.8 Å². The van der Waals surface area contributed by atoms with Crippen molar-refractivity contribution >= 4 is 17.7 Å². The van der Waals surface area contributed by atoms with Gasteiger partial charge in [0.15, 0.2) is 0 Å². The molecule has 1 unspecified atom stereocenters. The molecule has 0 spiro atoms. The maximum absolute atomic E-state index is 13.5. The van der Waals surface area contributed by atoms with Crippen molar-refractivity contribution in [3.05, 3.63) is 0 Å². The summed E-state index contributed by atoms with van der Waals surface area (Å²) in [6, 6.07) is 0. The molecule has 3 nitrogen and oxygen atoms in total. The normalized spacial score (nSPS) is 27.5. The molecular weight excluding hydrogens is 226 g/mol. The van der Waals surface area contributed by atoms with Crippen molar-refractivity contribution in [2.45, 2.75) is 31.3 Å². The van der Waals surface area contributed by atoms with E-state index in [-0.39, 0.29) is 18.8 Å². The van der Waals surface area contributed by atoms with E-state index in [1.165, 1.54) is 18.7 Å². The maximum Gasteiger partial charge on any atom is 0.380 e. The van der Waals surface area contributed by atoms with Crippen molar-refractivity contribution in [3.8, 4) is 0 Å². The van der Waals surface area contributed by atoms with Gasteiger partial charge in [0.1, 0.15) is 5.60 Å². The first-order valence-corrected chi connectivity index (χ1v) is 5.94. The average molecular weight is 240 g/mol. The summed E-state index contributed by atoms with van der Waals surface area (Å²) < 4.78 is 31.3. The highest BCUT2D eigenvalue weighted by Gasteiger charge is 2.59. The number of carbonyl (C=O) groups is 1. The Balaban J connectivity index is 2.77. The van der Waals surface area contributed by atoms with Crippen LogP contribution in [0.2, 0.25) is 0 Å². The Morgan fingerprint density at radius 1 is 1.67 bits per heavy atom. The van der Waals surface area contributed by atoms with E-state index in [1.54, 1.807) is 0 Å². The fourth-order valence-electron chi connectivity index (χ4n) is 1.44. The van der Waals surface area contributed by atoms with Gasteiger partial charge in [-0.3, -0.25) is 0 Å². The number of esters is 1. The molecule has 0 aromatic rings. The quantitative estimate of drug-likeness (QED) is 0.758. The lowest BCUT2D eigenvalue weighted by molar-refractivity contribution is -0.209. The largest absolute Gasteiger partial charge is 0.461 e. The highest BCUT2D eigenvalue weighted by atomic mass is 32.2. The Labute approximate surface area is 91.2 Å². The smallest absolute Gasteiger partial charge is 0.380 e. The summed E-state index contributed by atoms with van der Waals surface area (Å²) in [6.07, 6.45) is 0.419. The van der Waals surface area contributed by atoms with Gasteiger partial charge in [0, 0.05) is 5.75 Å². The molecule has 1 aliphatic rings. The predicted molar refractivity (Wildman–Crippen MR) is 53.1 cm³/mol. The molecule has 1 fully saturated rings. The van der Waals surface area contributed by atoms with Crippen LogP contribution in [-0.2, 0) is 9.53 Å². The van der Waals surface area contributed by atoms with E-state index in [0.717, 1.165) is 5.75 Å². The number of hydrogen-bond acceptors (Lipinski definition) is 4. The molecule has 0 amide bonds. The van der Waals surface area contributed by atoms with Gasteiger partial charge in [0.25, 0.3) is 0 Å². The second-order valence-electron chi connectivity index (χ2n) is 3.48. The first kappa shape index (κ1) is 12.7. The van der Waals surface area contributed by atoms with Crippen LogP contribution in [0.3, 0.4) is 0 Å². The van der Waals surface area contributed by atoms with Crippen LogP contribution < -0.4 is 0 Å². The summed E-state index contributed by atoms with van der Waals surface area (Å²) in [7, 11) is 0. The summed E-state index contributed by atoms with van der Waals surface area (Å²) in [6.45, 7) is 1.34. The fourth-order valence-corrected chi connectivity index (χ4v) is 2.60. The molecule has 0 aliphatic carbocycles. The van der Waals surface area contributed by atoms with Crippen molar-refractivity contribution in [2.24, 2.45) is 0 Å². The molecule has 1 aliphatic heterocycles. The van der Waals surface area contributed by atoms with Crippen molar-refractivity contribution < 1.29 is 23.4 Å². The standard InChI is InChI=1S/C9H14F2O3S/c1-2-14-7(12)9(10,11)8(13)4-3-5-15-6-8/h13H,2-6H2,1H3. The van der Waals surface area contributed by atoms with Crippen LogP contribution in [0.15, 0.2) is 0 Å². The Hall–Kier alpha value is -0.360. The molecule has 6 heteroatoms. The predicted octanol–water partition coefficient (Wildman–Crippen LogP) is 1.44. The molecule has 1 heterocycles. The molecule has 0 saturated carbocycles. The highest BCUT2D eigenvalue weighted by molar-refractivity contribution is 7.99. The molecule has 1 saturated heterocycles. The van der Waals surface area contributed by atoms with Crippen LogP contribution in [0.4, 0.5) is 8.78 Å². The monoisotopic (exact) mass is 240 g/mol. The molecule has 1 N–H and O–H groups in total. The number of thioether (sulfide) groups is 1. The van der Waals surface area contributed by atoms with E-state index in [1.807, 2.05) is 0 Å². The van der Waals surface area contributed by atoms with Crippen molar-refractivity contribution in [1.29, 1.82) is 0 Å². The van der Waals surface area contributed by atoms with Gasteiger partial charge in [-0.1, -0.05) is 0 Å². The molecule has 0 aromatic carbocycles. The molecule has 0 radical (unpaired) electrons. The number of carbonyl (C=O) groups excluding carboxylic acids is 1. The second kappa shape index (κ2) is 4.65. The number of rotatable bonds is 3. The van der Waals surface area contributed by atoms with Crippen molar-refractivity contribution in [1.82, 2.24) is 0 Å². The number of aliphatic hydroxyl groups is 1. The summed E-state index contributed by atoms with van der Waals surface area (Å²) in [5.74, 6) is -4.83. The van der Waals surface area contributed by atoms with Gasteiger partial charge in [0.05, 0.1) is 6.61 Å². The third-order valence-corrected chi connectivity index (χ3v) is 3.60. The summed E-state index contributed by atoms with van der Waals surface area (Å²) >= 11 is 1.23. The minimum absolute atomic E-state index is 0.0637. The van der Waals surface area contributed by atoms with Crippen molar-refractivity contribution in [2.75, 3.05) is 18.1 Å². The summed E-state index contributed by atoms with van der Waals surface area (Å²) in [4.78, 5) is 11.0. The van der Waals surface area contributed by atoms with E-state index in [4.69, 9.17) is 0 Å². The number of halogens is 2. The summed E-state index contributed by atoms with van der Waals surface area (Å²) in [5.41, 5.74) is -2.25. The third-order valence-electron chi connectivity index (χ3n) is 2.34. The van der Waals surface area contributed by atoms with E-state index >= 15 is 0 Å². The van der Waals surface area contributed by atoms with Crippen molar-refractivity contribution in [3.63, 3.8) is 0 Å². The van der Waals surface area contributed by atoms with Crippen LogP contribution in [0, 0.1) is 0 Å². The van der Waals surface area contributed by atoms with E-state index in [2.05, 4.69) is 4.74 Å². The second-order valence-corrected chi connectivity index (χ2v) is 4.59. The fraction of sp³-hybridized carbons (Fsp3) is 0.889. The Bertz CT molecular complexity index is 240. The molecule has 1 rings (SSSR count). The molecular formula is C9H14F2O3S. The zero-order valence-corrected chi connectivity index (χ0v) is 9.28. The average Bonchev–Trinajstić information content (AvgIpc) is 2.19. The van der Waals surface area contributed by atoms with Gasteiger partial charge < -0.3 is 9.84 Å². The lowest BCUT2D eigenvalue weighted by Crippen LogP contribution is -2.56. The Morgan fingerprint density at radius 2 is 2.33 bits per heavy atom. The number of ether oxygens (including phenoxy) is 1.